The molecule has 0 amide bonds. The maximum absolute atomic E-state index is 5.69. The molecule has 0 saturated carbocycles. The van der Waals surface area contributed by atoms with Gasteiger partial charge in [-0.3, -0.25) is 0 Å². The van der Waals surface area contributed by atoms with Gasteiger partial charge in [-0.25, -0.2) is 0 Å². The predicted octanol–water partition coefficient (Wildman–Crippen LogP) is 3.08. The standard InChI is InChI=1S/C8H15Cl2N/c1-3-8(4-2)11-6-7(10)5-9/h5,8,11H,3-4,6H2,1-2H3. The van der Waals surface area contributed by atoms with E-state index in [9.17, 15) is 0 Å². The molecule has 0 aliphatic rings. The third-order valence-electron chi connectivity index (χ3n) is 1.66. The van der Waals surface area contributed by atoms with Gasteiger partial charge in [0.25, 0.3) is 0 Å². The van der Waals surface area contributed by atoms with Gasteiger partial charge in [0.1, 0.15) is 0 Å². The van der Waals surface area contributed by atoms with E-state index < -0.39 is 0 Å². The van der Waals surface area contributed by atoms with Crippen LogP contribution in [0.15, 0.2) is 10.6 Å². The van der Waals surface area contributed by atoms with Gasteiger partial charge in [0, 0.05) is 23.2 Å². The first kappa shape index (κ1) is 11.3. The van der Waals surface area contributed by atoms with Crippen molar-refractivity contribution in [2.75, 3.05) is 6.54 Å². The van der Waals surface area contributed by atoms with Crippen LogP contribution in [0.1, 0.15) is 26.7 Å². The van der Waals surface area contributed by atoms with E-state index in [1.807, 2.05) is 0 Å². The van der Waals surface area contributed by atoms with Crippen LogP contribution in [0.5, 0.6) is 0 Å². The molecule has 11 heavy (non-hydrogen) atoms. The van der Waals surface area contributed by atoms with Gasteiger partial charge in [-0.1, -0.05) is 37.0 Å². The van der Waals surface area contributed by atoms with Gasteiger partial charge in [0.05, 0.1) is 0 Å². The van der Waals surface area contributed by atoms with Crippen LogP contribution < -0.4 is 5.32 Å². The molecule has 0 heterocycles. The third-order valence-corrected chi connectivity index (χ3v) is 2.28. The van der Waals surface area contributed by atoms with Crippen LogP contribution in [-0.4, -0.2) is 12.6 Å². The van der Waals surface area contributed by atoms with Gasteiger partial charge in [0.15, 0.2) is 0 Å². The fourth-order valence-electron chi connectivity index (χ4n) is 0.858. The first-order valence-electron chi connectivity index (χ1n) is 3.92. The summed E-state index contributed by atoms with van der Waals surface area (Å²) in [6, 6.07) is 0.556. The molecule has 0 aliphatic carbocycles. The number of hydrogen-bond donors (Lipinski definition) is 1. The van der Waals surface area contributed by atoms with Crippen molar-refractivity contribution >= 4 is 23.2 Å². The van der Waals surface area contributed by atoms with Gasteiger partial charge in [-0.05, 0) is 12.8 Å². The molecule has 0 aromatic carbocycles. The second kappa shape index (κ2) is 6.96. The Morgan fingerprint density at radius 2 is 2.00 bits per heavy atom. The maximum Gasteiger partial charge on any atom is 0.0431 e. The quantitative estimate of drug-likeness (QED) is 0.712. The molecule has 1 nitrogen and oxygen atoms in total. The molecule has 0 aliphatic heterocycles. The van der Waals surface area contributed by atoms with E-state index in [0.717, 1.165) is 12.8 Å². The number of nitrogens with one attached hydrogen (secondary N) is 1. The molecule has 0 bridgehead atoms. The third kappa shape index (κ3) is 5.54. The highest BCUT2D eigenvalue weighted by Crippen LogP contribution is 2.03. The van der Waals surface area contributed by atoms with E-state index in [0.29, 0.717) is 17.6 Å². The lowest BCUT2D eigenvalue weighted by molar-refractivity contribution is 0.509. The lowest BCUT2D eigenvalue weighted by atomic mass is 10.2. The van der Waals surface area contributed by atoms with Crippen molar-refractivity contribution in [3.63, 3.8) is 0 Å². The van der Waals surface area contributed by atoms with E-state index in [2.05, 4.69) is 19.2 Å². The Bertz CT molecular complexity index is 119. The van der Waals surface area contributed by atoms with Crippen molar-refractivity contribution in [2.45, 2.75) is 32.7 Å². The van der Waals surface area contributed by atoms with E-state index in [-0.39, 0.29) is 0 Å². The predicted molar refractivity (Wildman–Crippen MR) is 52.2 cm³/mol. The smallest absolute Gasteiger partial charge is 0.0431 e. The first-order valence-corrected chi connectivity index (χ1v) is 4.74. The largest absolute Gasteiger partial charge is 0.309 e. The minimum atomic E-state index is 0.556. The molecule has 0 atom stereocenters. The average molecular weight is 196 g/mol. The highest BCUT2D eigenvalue weighted by molar-refractivity contribution is 6.36. The molecule has 0 unspecified atom stereocenters. The molecule has 0 saturated heterocycles. The summed E-state index contributed by atoms with van der Waals surface area (Å²) in [5.74, 6) is 0. The van der Waals surface area contributed by atoms with Gasteiger partial charge < -0.3 is 5.32 Å². The zero-order chi connectivity index (χ0) is 8.69. The molecule has 0 aromatic heterocycles. The van der Waals surface area contributed by atoms with Gasteiger partial charge in [0.2, 0.25) is 0 Å². The van der Waals surface area contributed by atoms with Gasteiger partial charge >= 0.3 is 0 Å². The number of halogens is 2. The van der Waals surface area contributed by atoms with Crippen LogP contribution in [0, 0.1) is 0 Å². The highest BCUT2D eigenvalue weighted by atomic mass is 35.5. The fourth-order valence-corrected chi connectivity index (χ4v) is 1.01. The van der Waals surface area contributed by atoms with Crippen molar-refractivity contribution in [2.24, 2.45) is 0 Å². The summed E-state index contributed by atoms with van der Waals surface area (Å²) in [5, 5.41) is 3.95. The van der Waals surface area contributed by atoms with Crippen LogP contribution >= 0.6 is 23.2 Å². The first-order chi connectivity index (χ1) is 5.24. The molecule has 0 aromatic rings. The summed E-state index contributed by atoms with van der Waals surface area (Å²) in [7, 11) is 0. The molecule has 0 fully saturated rings. The summed E-state index contributed by atoms with van der Waals surface area (Å²) < 4.78 is 0. The van der Waals surface area contributed by atoms with E-state index in [1.165, 1.54) is 5.54 Å². The summed E-state index contributed by atoms with van der Waals surface area (Å²) in [4.78, 5) is 0. The highest BCUT2D eigenvalue weighted by Gasteiger charge is 2.01. The zero-order valence-corrected chi connectivity index (χ0v) is 8.54. The topological polar surface area (TPSA) is 12.0 Å². The monoisotopic (exact) mass is 195 g/mol. The normalized spacial score (nSPS) is 12.6. The van der Waals surface area contributed by atoms with Crippen LogP contribution in [0.25, 0.3) is 0 Å². The fraction of sp³-hybridized carbons (Fsp3) is 0.750. The summed E-state index contributed by atoms with van der Waals surface area (Å²) in [6.07, 6.45) is 2.26. The van der Waals surface area contributed by atoms with Crippen molar-refractivity contribution in [3.8, 4) is 0 Å². The minimum Gasteiger partial charge on any atom is -0.309 e. The van der Waals surface area contributed by atoms with Crippen molar-refractivity contribution in [3.05, 3.63) is 10.6 Å². The lowest BCUT2D eigenvalue weighted by Gasteiger charge is -2.13. The maximum atomic E-state index is 5.69. The Kier molecular flexibility index (Phi) is 7.13. The van der Waals surface area contributed by atoms with Crippen molar-refractivity contribution in [1.29, 1.82) is 0 Å². The summed E-state index contributed by atoms with van der Waals surface area (Å²) in [6.45, 7) is 4.98. The summed E-state index contributed by atoms with van der Waals surface area (Å²) in [5.41, 5.74) is 1.40. The number of rotatable bonds is 5. The Morgan fingerprint density at radius 1 is 1.45 bits per heavy atom. The average Bonchev–Trinajstić information content (AvgIpc) is 2.06. The molecule has 3 heteroatoms. The zero-order valence-electron chi connectivity index (χ0n) is 7.03. The molecular formula is C8H15Cl2N. The van der Waals surface area contributed by atoms with E-state index in [1.54, 1.807) is 0 Å². The molecule has 1 N–H and O–H groups in total. The van der Waals surface area contributed by atoms with E-state index in [4.69, 9.17) is 23.2 Å². The van der Waals surface area contributed by atoms with Crippen molar-refractivity contribution in [1.82, 2.24) is 5.32 Å². The second-order valence-corrected chi connectivity index (χ2v) is 3.15. The Balaban J connectivity index is 3.50. The van der Waals surface area contributed by atoms with Crippen LogP contribution in [-0.2, 0) is 0 Å². The van der Waals surface area contributed by atoms with E-state index >= 15 is 0 Å². The van der Waals surface area contributed by atoms with Crippen LogP contribution in [0.3, 0.4) is 0 Å². The number of hydrogen-bond acceptors (Lipinski definition) is 1. The van der Waals surface area contributed by atoms with Crippen molar-refractivity contribution < 1.29 is 0 Å². The molecule has 0 radical (unpaired) electrons. The Morgan fingerprint density at radius 3 is 2.36 bits per heavy atom. The van der Waals surface area contributed by atoms with Gasteiger partial charge in [-0.15, -0.1) is 0 Å². The van der Waals surface area contributed by atoms with Crippen LogP contribution in [0.2, 0.25) is 0 Å². The molecule has 0 rings (SSSR count). The SMILES string of the molecule is CCC(CC)NCC(Cl)=CCl. The van der Waals surface area contributed by atoms with Gasteiger partial charge in [-0.2, -0.15) is 0 Å². The molecular weight excluding hydrogens is 181 g/mol. The Labute approximate surface area is 78.8 Å². The second-order valence-electron chi connectivity index (χ2n) is 2.45. The molecule has 0 spiro atoms. The Hall–Kier alpha value is 0.280. The van der Waals surface area contributed by atoms with Crippen LogP contribution in [0.4, 0.5) is 0 Å². The minimum absolute atomic E-state index is 0.556. The summed E-state index contributed by atoms with van der Waals surface area (Å²) >= 11 is 11.1. The lowest BCUT2D eigenvalue weighted by Crippen LogP contribution is -2.28. The molecule has 66 valence electrons.